The van der Waals surface area contributed by atoms with Gasteiger partial charge in [-0.3, -0.25) is 4.79 Å². The molecule has 0 aliphatic carbocycles. The quantitative estimate of drug-likeness (QED) is 0.435. The van der Waals surface area contributed by atoms with Crippen LogP contribution in [0.2, 0.25) is 0 Å². The monoisotopic (exact) mass is 399 g/mol. The minimum absolute atomic E-state index is 0. The number of nitrogens with zero attached hydrogens (tertiary/aromatic N) is 2. The highest BCUT2D eigenvalue weighted by Gasteiger charge is 2.11. The predicted octanol–water partition coefficient (Wildman–Crippen LogP) is 4.83. The Hall–Kier alpha value is -2.79. The van der Waals surface area contributed by atoms with Crippen LogP contribution >= 0.6 is 12.4 Å². The Morgan fingerprint density at radius 2 is 1.82 bits per heavy atom. The number of unbranched alkanes of at least 4 members (excludes halogenated alkanes) is 2. The van der Waals surface area contributed by atoms with Gasteiger partial charge in [-0.05, 0) is 31.0 Å². The third-order valence-corrected chi connectivity index (χ3v) is 4.53. The molecule has 2 aromatic carbocycles. The maximum atomic E-state index is 12.4. The van der Waals surface area contributed by atoms with E-state index < -0.39 is 0 Å². The minimum Gasteiger partial charge on any atom is -0.399 e. The molecule has 0 aliphatic heterocycles. The first kappa shape index (κ1) is 21.5. The second-order valence-corrected chi connectivity index (χ2v) is 6.71. The summed E-state index contributed by atoms with van der Waals surface area (Å²) in [5.41, 5.74) is 8.92. The minimum atomic E-state index is 0. The fourth-order valence-corrected chi connectivity index (χ4v) is 2.99. The molecule has 0 saturated heterocycles. The van der Waals surface area contributed by atoms with E-state index in [4.69, 9.17) is 10.3 Å². The average molecular weight is 400 g/mol. The molecular weight excluding hydrogens is 374 g/mol. The smallest absolute Gasteiger partial charge is 0.253 e. The van der Waals surface area contributed by atoms with Crippen molar-refractivity contribution in [2.45, 2.75) is 25.7 Å². The number of benzene rings is 2. The van der Waals surface area contributed by atoms with Crippen LogP contribution in [-0.4, -0.2) is 29.6 Å². The number of amides is 1. The molecule has 5 nitrogen and oxygen atoms in total. The second kappa shape index (κ2) is 10.5. The first-order chi connectivity index (χ1) is 13.1. The molecule has 1 heterocycles. The fourth-order valence-electron chi connectivity index (χ4n) is 2.99. The number of hydrogen-bond donors (Lipinski definition) is 1. The Labute approximate surface area is 171 Å². The molecule has 2 N–H and O–H groups in total. The lowest BCUT2D eigenvalue weighted by molar-refractivity contribution is 0.0792. The van der Waals surface area contributed by atoms with Crippen molar-refractivity contribution in [1.29, 1.82) is 0 Å². The van der Waals surface area contributed by atoms with E-state index in [0.717, 1.165) is 49.2 Å². The molecule has 0 radical (unpaired) electrons. The third-order valence-electron chi connectivity index (χ3n) is 4.53. The zero-order valence-corrected chi connectivity index (χ0v) is 16.8. The van der Waals surface area contributed by atoms with Crippen molar-refractivity contribution in [1.82, 2.24) is 10.1 Å². The lowest BCUT2D eigenvalue weighted by atomic mass is 10.1. The molecule has 3 rings (SSSR count). The summed E-state index contributed by atoms with van der Waals surface area (Å²) in [6.45, 7) is 0.722. The Morgan fingerprint density at radius 1 is 1.04 bits per heavy atom. The van der Waals surface area contributed by atoms with Crippen LogP contribution in [0.25, 0.3) is 11.3 Å². The Balaban J connectivity index is 0.00000280. The molecule has 148 valence electrons. The molecule has 0 spiro atoms. The van der Waals surface area contributed by atoms with E-state index in [1.165, 1.54) is 0 Å². The van der Waals surface area contributed by atoms with Gasteiger partial charge < -0.3 is 15.2 Å². The standard InChI is InChI=1S/C22H25N3O2.ClH/c1-25(22(26)18-11-8-12-19(23)15-18)14-7-3-6-13-20-16-21(24-27-20)17-9-4-2-5-10-17;/h2,4-5,8-12,15-16H,3,6-7,13-14,23H2,1H3;1H. The summed E-state index contributed by atoms with van der Waals surface area (Å²) in [5, 5.41) is 4.14. The van der Waals surface area contributed by atoms with Gasteiger partial charge in [-0.25, -0.2) is 0 Å². The van der Waals surface area contributed by atoms with Gasteiger partial charge in [-0.1, -0.05) is 48.0 Å². The molecule has 6 heteroatoms. The lowest BCUT2D eigenvalue weighted by Crippen LogP contribution is -2.27. The molecule has 1 aromatic heterocycles. The first-order valence-electron chi connectivity index (χ1n) is 9.25. The average Bonchev–Trinajstić information content (AvgIpc) is 3.16. The van der Waals surface area contributed by atoms with Gasteiger partial charge in [0, 0.05) is 42.9 Å². The molecule has 0 aliphatic rings. The number of nitrogen functional groups attached to an aromatic ring is 1. The van der Waals surface area contributed by atoms with Crippen molar-refractivity contribution < 1.29 is 9.32 Å². The van der Waals surface area contributed by atoms with Crippen molar-refractivity contribution in [3.05, 3.63) is 72.0 Å². The van der Waals surface area contributed by atoms with Crippen LogP contribution in [0.4, 0.5) is 5.69 Å². The Morgan fingerprint density at radius 3 is 2.57 bits per heavy atom. The van der Waals surface area contributed by atoms with Gasteiger partial charge >= 0.3 is 0 Å². The number of rotatable bonds is 8. The SMILES string of the molecule is CN(CCCCCc1cc(-c2ccccc2)no1)C(=O)c1cccc(N)c1.Cl. The largest absolute Gasteiger partial charge is 0.399 e. The van der Waals surface area contributed by atoms with E-state index in [1.54, 1.807) is 29.2 Å². The van der Waals surface area contributed by atoms with Crippen molar-refractivity contribution in [3.63, 3.8) is 0 Å². The normalized spacial score (nSPS) is 10.3. The number of hydrogen-bond acceptors (Lipinski definition) is 4. The van der Waals surface area contributed by atoms with Crippen LogP contribution in [0.15, 0.2) is 65.2 Å². The van der Waals surface area contributed by atoms with E-state index in [-0.39, 0.29) is 18.3 Å². The Kier molecular flexibility index (Phi) is 8.08. The van der Waals surface area contributed by atoms with Crippen molar-refractivity contribution in [2.24, 2.45) is 0 Å². The highest BCUT2D eigenvalue weighted by molar-refractivity contribution is 5.94. The molecule has 0 saturated carbocycles. The summed E-state index contributed by atoms with van der Waals surface area (Å²) in [4.78, 5) is 14.1. The van der Waals surface area contributed by atoms with Crippen molar-refractivity contribution in [2.75, 3.05) is 19.3 Å². The van der Waals surface area contributed by atoms with Gasteiger partial charge in [0.15, 0.2) is 0 Å². The lowest BCUT2D eigenvalue weighted by Gasteiger charge is -2.17. The van der Waals surface area contributed by atoms with Crippen LogP contribution in [0.5, 0.6) is 0 Å². The predicted molar refractivity (Wildman–Crippen MR) is 115 cm³/mol. The van der Waals surface area contributed by atoms with Gasteiger partial charge in [0.1, 0.15) is 11.5 Å². The summed E-state index contributed by atoms with van der Waals surface area (Å²) >= 11 is 0. The summed E-state index contributed by atoms with van der Waals surface area (Å²) < 4.78 is 5.43. The topological polar surface area (TPSA) is 72.4 Å². The molecule has 3 aromatic rings. The van der Waals surface area contributed by atoms with E-state index in [9.17, 15) is 4.79 Å². The molecule has 0 unspecified atom stereocenters. The molecule has 0 bridgehead atoms. The highest BCUT2D eigenvalue weighted by Crippen LogP contribution is 2.19. The van der Waals surface area contributed by atoms with E-state index >= 15 is 0 Å². The van der Waals surface area contributed by atoms with E-state index in [2.05, 4.69) is 5.16 Å². The van der Waals surface area contributed by atoms with Gasteiger partial charge in [-0.15, -0.1) is 12.4 Å². The first-order valence-corrected chi connectivity index (χ1v) is 9.25. The highest BCUT2D eigenvalue weighted by atomic mass is 35.5. The number of aromatic nitrogens is 1. The van der Waals surface area contributed by atoms with Gasteiger partial charge in [0.25, 0.3) is 5.91 Å². The third kappa shape index (κ3) is 5.86. The molecule has 0 fully saturated rings. The molecule has 1 amide bonds. The van der Waals surface area contributed by atoms with Crippen molar-refractivity contribution in [3.8, 4) is 11.3 Å². The van der Waals surface area contributed by atoms with Crippen LogP contribution < -0.4 is 5.73 Å². The number of carbonyl (C=O) groups excluding carboxylic acids is 1. The summed E-state index contributed by atoms with van der Waals surface area (Å²) in [6.07, 6.45) is 3.83. The van der Waals surface area contributed by atoms with Crippen LogP contribution in [0, 0.1) is 0 Å². The van der Waals surface area contributed by atoms with Crippen LogP contribution in [0.3, 0.4) is 0 Å². The number of halogens is 1. The maximum absolute atomic E-state index is 12.4. The summed E-state index contributed by atoms with van der Waals surface area (Å²) in [7, 11) is 1.83. The molecule has 0 atom stereocenters. The number of nitrogens with two attached hydrogens (primary N) is 1. The number of anilines is 1. The summed E-state index contributed by atoms with van der Waals surface area (Å²) in [5.74, 6) is 0.906. The maximum Gasteiger partial charge on any atom is 0.253 e. The zero-order valence-electron chi connectivity index (χ0n) is 16.0. The Bertz CT molecular complexity index is 880. The number of carbonyl (C=O) groups is 1. The van der Waals surface area contributed by atoms with E-state index in [1.807, 2.05) is 43.4 Å². The van der Waals surface area contributed by atoms with E-state index in [0.29, 0.717) is 11.3 Å². The molecule has 28 heavy (non-hydrogen) atoms. The van der Waals surface area contributed by atoms with Gasteiger partial charge in [0.2, 0.25) is 0 Å². The fraction of sp³-hybridized carbons (Fsp3) is 0.273. The second-order valence-electron chi connectivity index (χ2n) is 6.71. The van der Waals surface area contributed by atoms with Gasteiger partial charge in [-0.2, -0.15) is 0 Å². The zero-order chi connectivity index (χ0) is 19.1. The number of aryl methyl sites for hydroxylation is 1. The van der Waals surface area contributed by atoms with Crippen LogP contribution in [-0.2, 0) is 6.42 Å². The van der Waals surface area contributed by atoms with Crippen molar-refractivity contribution >= 4 is 24.0 Å². The van der Waals surface area contributed by atoms with Gasteiger partial charge in [0.05, 0.1) is 0 Å². The summed E-state index contributed by atoms with van der Waals surface area (Å²) in [6, 6.07) is 19.1. The molecular formula is C22H26ClN3O2. The van der Waals surface area contributed by atoms with Crippen LogP contribution in [0.1, 0.15) is 35.4 Å².